The van der Waals surface area contributed by atoms with Crippen LogP contribution in [0.4, 0.5) is 0 Å². The molecule has 0 aliphatic heterocycles. The summed E-state index contributed by atoms with van der Waals surface area (Å²) >= 11 is 0. The average Bonchev–Trinajstić information content (AvgIpc) is 2.24. The molecule has 1 aliphatic carbocycles. The van der Waals surface area contributed by atoms with Crippen molar-refractivity contribution >= 4 is 8.32 Å². The SMILES string of the molecule is COC(CCC1CCCCC1)O[Si](C)(C)C. The summed E-state index contributed by atoms with van der Waals surface area (Å²) < 4.78 is 11.4. The highest BCUT2D eigenvalue weighted by atomic mass is 28.4. The van der Waals surface area contributed by atoms with E-state index in [9.17, 15) is 0 Å². The molecular weight excluding hydrogens is 216 g/mol. The van der Waals surface area contributed by atoms with Crippen LogP contribution in [0.3, 0.4) is 0 Å². The number of rotatable bonds is 6. The molecule has 0 saturated heterocycles. The van der Waals surface area contributed by atoms with Crippen molar-refractivity contribution < 1.29 is 9.16 Å². The van der Waals surface area contributed by atoms with E-state index in [1.54, 1.807) is 7.11 Å². The number of hydrogen-bond donors (Lipinski definition) is 0. The fourth-order valence-corrected chi connectivity index (χ4v) is 3.47. The van der Waals surface area contributed by atoms with Crippen molar-refractivity contribution in [2.75, 3.05) is 7.11 Å². The first-order valence-electron chi connectivity index (χ1n) is 6.72. The predicted octanol–water partition coefficient (Wildman–Crippen LogP) is 4.17. The highest BCUT2D eigenvalue weighted by molar-refractivity contribution is 6.69. The molecule has 0 heterocycles. The first-order valence-corrected chi connectivity index (χ1v) is 10.1. The number of methoxy groups -OCH3 is 1. The van der Waals surface area contributed by atoms with Crippen molar-refractivity contribution in [3.63, 3.8) is 0 Å². The second kappa shape index (κ2) is 6.77. The Balaban J connectivity index is 2.22. The van der Waals surface area contributed by atoms with Gasteiger partial charge in [0.05, 0.1) is 0 Å². The summed E-state index contributed by atoms with van der Waals surface area (Å²) in [6.07, 6.45) is 9.53. The van der Waals surface area contributed by atoms with E-state index in [1.165, 1.54) is 38.5 Å². The summed E-state index contributed by atoms with van der Waals surface area (Å²) in [6, 6.07) is 0. The average molecular weight is 244 g/mol. The number of ether oxygens (including phenoxy) is 1. The first-order chi connectivity index (χ1) is 7.51. The van der Waals surface area contributed by atoms with Gasteiger partial charge < -0.3 is 9.16 Å². The van der Waals surface area contributed by atoms with Crippen LogP contribution in [0.15, 0.2) is 0 Å². The summed E-state index contributed by atoms with van der Waals surface area (Å²) in [5.74, 6) is 0.927. The van der Waals surface area contributed by atoms with Crippen molar-refractivity contribution in [1.29, 1.82) is 0 Å². The fraction of sp³-hybridized carbons (Fsp3) is 1.00. The van der Waals surface area contributed by atoms with E-state index in [1.807, 2.05) is 0 Å². The zero-order valence-corrected chi connectivity index (χ0v) is 12.4. The van der Waals surface area contributed by atoms with Crippen LogP contribution >= 0.6 is 0 Å². The minimum absolute atomic E-state index is 0.0357. The summed E-state index contributed by atoms with van der Waals surface area (Å²) in [5.41, 5.74) is 0. The lowest BCUT2D eigenvalue weighted by molar-refractivity contribution is -0.0677. The largest absolute Gasteiger partial charge is 0.393 e. The van der Waals surface area contributed by atoms with E-state index in [4.69, 9.17) is 9.16 Å². The third-order valence-corrected chi connectivity index (χ3v) is 4.25. The lowest BCUT2D eigenvalue weighted by Gasteiger charge is -2.27. The van der Waals surface area contributed by atoms with Crippen LogP contribution in [0.2, 0.25) is 19.6 Å². The molecule has 1 unspecified atom stereocenters. The van der Waals surface area contributed by atoms with E-state index < -0.39 is 8.32 Å². The molecule has 0 N–H and O–H groups in total. The topological polar surface area (TPSA) is 18.5 Å². The van der Waals surface area contributed by atoms with Gasteiger partial charge in [-0.1, -0.05) is 32.1 Å². The van der Waals surface area contributed by atoms with Gasteiger partial charge in [-0.15, -0.1) is 0 Å². The smallest absolute Gasteiger partial charge is 0.187 e. The second-order valence-corrected chi connectivity index (χ2v) is 10.4. The van der Waals surface area contributed by atoms with E-state index in [0.717, 1.165) is 12.3 Å². The molecule has 0 radical (unpaired) electrons. The van der Waals surface area contributed by atoms with Crippen LogP contribution in [0.5, 0.6) is 0 Å². The molecule has 1 atom stereocenters. The molecule has 1 aliphatic rings. The van der Waals surface area contributed by atoms with Gasteiger partial charge >= 0.3 is 0 Å². The van der Waals surface area contributed by atoms with Gasteiger partial charge in [0.15, 0.2) is 8.32 Å². The Morgan fingerprint density at radius 3 is 2.25 bits per heavy atom. The zero-order valence-electron chi connectivity index (χ0n) is 11.4. The van der Waals surface area contributed by atoms with Gasteiger partial charge in [-0.2, -0.15) is 0 Å². The molecule has 3 heteroatoms. The zero-order chi connectivity index (χ0) is 12.0. The van der Waals surface area contributed by atoms with Gasteiger partial charge in [-0.3, -0.25) is 0 Å². The predicted molar refractivity (Wildman–Crippen MR) is 71.0 cm³/mol. The third-order valence-electron chi connectivity index (χ3n) is 3.28. The van der Waals surface area contributed by atoms with Crippen molar-refractivity contribution in [1.82, 2.24) is 0 Å². The van der Waals surface area contributed by atoms with Crippen LogP contribution in [-0.4, -0.2) is 21.7 Å². The molecule has 1 saturated carbocycles. The maximum atomic E-state index is 5.99. The summed E-state index contributed by atoms with van der Waals surface area (Å²) in [5, 5.41) is 0. The number of hydrogen-bond acceptors (Lipinski definition) is 2. The lowest BCUT2D eigenvalue weighted by Crippen LogP contribution is -2.33. The molecule has 1 fully saturated rings. The van der Waals surface area contributed by atoms with Crippen molar-refractivity contribution in [3.05, 3.63) is 0 Å². The van der Waals surface area contributed by atoms with Crippen LogP contribution in [-0.2, 0) is 9.16 Å². The minimum atomic E-state index is -1.45. The second-order valence-electron chi connectivity index (χ2n) is 5.98. The Hall–Kier alpha value is 0.137. The highest BCUT2D eigenvalue weighted by Crippen LogP contribution is 2.28. The normalized spacial score (nSPS) is 21.0. The third kappa shape index (κ3) is 6.02. The van der Waals surface area contributed by atoms with Crippen LogP contribution in [0, 0.1) is 5.92 Å². The van der Waals surface area contributed by atoms with Crippen molar-refractivity contribution in [2.24, 2.45) is 5.92 Å². The Morgan fingerprint density at radius 1 is 1.12 bits per heavy atom. The molecule has 0 amide bonds. The van der Waals surface area contributed by atoms with Gasteiger partial charge in [-0.05, 0) is 38.4 Å². The van der Waals surface area contributed by atoms with E-state index >= 15 is 0 Å². The van der Waals surface area contributed by atoms with Gasteiger partial charge in [0.1, 0.15) is 6.29 Å². The van der Waals surface area contributed by atoms with Gasteiger partial charge in [0, 0.05) is 7.11 Å². The van der Waals surface area contributed by atoms with Gasteiger partial charge in [0.25, 0.3) is 0 Å². The van der Waals surface area contributed by atoms with Gasteiger partial charge in [-0.25, -0.2) is 0 Å². The van der Waals surface area contributed by atoms with E-state index in [-0.39, 0.29) is 6.29 Å². The Labute approximate surface area is 102 Å². The molecule has 0 bridgehead atoms. The monoisotopic (exact) mass is 244 g/mol. The molecule has 1 rings (SSSR count). The molecule has 0 aromatic rings. The summed E-state index contributed by atoms with van der Waals surface area (Å²) in [7, 11) is 0.317. The first kappa shape index (κ1) is 14.2. The van der Waals surface area contributed by atoms with Gasteiger partial charge in [0.2, 0.25) is 0 Å². The summed E-state index contributed by atoms with van der Waals surface area (Å²) in [4.78, 5) is 0. The van der Waals surface area contributed by atoms with Crippen LogP contribution in [0.1, 0.15) is 44.9 Å². The van der Waals surface area contributed by atoms with Crippen molar-refractivity contribution in [2.45, 2.75) is 70.9 Å². The highest BCUT2D eigenvalue weighted by Gasteiger charge is 2.22. The molecule has 0 aromatic carbocycles. The Morgan fingerprint density at radius 2 is 1.75 bits per heavy atom. The molecule has 96 valence electrons. The molecular formula is C13H28O2Si. The Bertz CT molecular complexity index is 183. The van der Waals surface area contributed by atoms with E-state index in [2.05, 4.69) is 19.6 Å². The van der Waals surface area contributed by atoms with Crippen molar-refractivity contribution in [3.8, 4) is 0 Å². The van der Waals surface area contributed by atoms with E-state index in [0.29, 0.717) is 0 Å². The van der Waals surface area contributed by atoms with Crippen LogP contribution < -0.4 is 0 Å². The minimum Gasteiger partial charge on any atom is -0.393 e. The Kier molecular flexibility index (Phi) is 6.01. The molecule has 16 heavy (non-hydrogen) atoms. The quantitative estimate of drug-likeness (QED) is 0.516. The van der Waals surface area contributed by atoms with Crippen LogP contribution in [0.25, 0.3) is 0 Å². The molecule has 0 spiro atoms. The lowest BCUT2D eigenvalue weighted by atomic mass is 9.86. The molecule has 0 aromatic heterocycles. The fourth-order valence-electron chi connectivity index (χ4n) is 2.47. The molecule has 2 nitrogen and oxygen atoms in total. The maximum absolute atomic E-state index is 5.99. The maximum Gasteiger partial charge on any atom is 0.187 e. The summed E-state index contributed by atoms with van der Waals surface area (Å²) in [6.45, 7) is 6.67. The standard InChI is InChI=1S/C13H28O2Si/c1-14-13(15-16(2,3)4)11-10-12-8-6-5-7-9-12/h12-13H,5-11H2,1-4H3.